The van der Waals surface area contributed by atoms with Crippen molar-refractivity contribution >= 4 is 0 Å². The molecule has 0 heterocycles. The molecule has 0 saturated heterocycles. The molecule has 3 N–H and O–H groups in total. The van der Waals surface area contributed by atoms with E-state index < -0.39 is 0 Å². The summed E-state index contributed by atoms with van der Waals surface area (Å²) in [7, 11) is 1.69. The Bertz CT molecular complexity index is 128. The summed E-state index contributed by atoms with van der Waals surface area (Å²) in [5.74, 6) is 0.903. The third kappa shape index (κ3) is 3.09. The van der Waals surface area contributed by atoms with Gasteiger partial charge < -0.3 is 15.8 Å². The standard InChI is InChI=1S/C9H20N2O/c1-3-7-4-9(7)11-5-8(10)6-12-2/h7-9,11H,3-6,10H2,1-2H3. The molecular weight excluding hydrogens is 152 g/mol. The lowest BCUT2D eigenvalue weighted by molar-refractivity contribution is 0.178. The number of hydrogen-bond acceptors (Lipinski definition) is 3. The predicted octanol–water partition coefficient (Wildman–Crippen LogP) is 0.348. The average molecular weight is 172 g/mol. The van der Waals surface area contributed by atoms with Crippen molar-refractivity contribution in [3.8, 4) is 0 Å². The lowest BCUT2D eigenvalue weighted by Gasteiger charge is -2.10. The lowest BCUT2D eigenvalue weighted by Crippen LogP contribution is -2.38. The van der Waals surface area contributed by atoms with Gasteiger partial charge in [0.25, 0.3) is 0 Å². The van der Waals surface area contributed by atoms with Gasteiger partial charge >= 0.3 is 0 Å². The van der Waals surface area contributed by atoms with Gasteiger partial charge in [0.05, 0.1) is 6.61 Å². The van der Waals surface area contributed by atoms with Gasteiger partial charge in [0, 0.05) is 25.7 Å². The minimum atomic E-state index is 0.146. The van der Waals surface area contributed by atoms with E-state index in [1.165, 1.54) is 12.8 Å². The Labute approximate surface area is 74.7 Å². The van der Waals surface area contributed by atoms with Gasteiger partial charge in [-0.3, -0.25) is 0 Å². The van der Waals surface area contributed by atoms with Crippen LogP contribution in [0.2, 0.25) is 0 Å². The third-order valence-electron chi connectivity index (χ3n) is 2.47. The van der Waals surface area contributed by atoms with Crippen molar-refractivity contribution in [1.29, 1.82) is 0 Å². The van der Waals surface area contributed by atoms with E-state index >= 15 is 0 Å². The number of methoxy groups -OCH3 is 1. The van der Waals surface area contributed by atoms with E-state index in [1.807, 2.05) is 0 Å². The fourth-order valence-corrected chi connectivity index (χ4v) is 1.52. The Morgan fingerprint density at radius 3 is 2.92 bits per heavy atom. The summed E-state index contributed by atoms with van der Waals surface area (Å²) in [6, 6.07) is 0.881. The number of nitrogens with one attached hydrogen (secondary N) is 1. The van der Waals surface area contributed by atoms with Crippen molar-refractivity contribution in [2.75, 3.05) is 20.3 Å². The molecule has 0 aromatic heterocycles. The van der Waals surface area contributed by atoms with Crippen LogP contribution in [0.5, 0.6) is 0 Å². The number of nitrogens with two attached hydrogens (primary N) is 1. The molecule has 3 atom stereocenters. The second kappa shape index (κ2) is 4.80. The van der Waals surface area contributed by atoms with Crippen LogP contribution in [0.4, 0.5) is 0 Å². The molecule has 1 saturated carbocycles. The summed E-state index contributed by atoms with van der Waals surface area (Å²) in [6.07, 6.45) is 2.62. The van der Waals surface area contributed by atoms with Crippen molar-refractivity contribution in [3.63, 3.8) is 0 Å². The first-order valence-electron chi connectivity index (χ1n) is 4.75. The highest BCUT2D eigenvalue weighted by Crippen LogP contribution is 2.32. The quantitative estimate of drug-likeness (QED) is 0.607. The highest BCUT2D eigenvalue weighted by atomic mass is 16.5. The van der Waals surface area contributed by atoms with Crippen LogP contribution >= 0.6 is 0 Å². The van der Waals surface area contributed by atoms with Crippen LogP contribution in [0.15, 0.2) is 0 Å². The van der Waals surface area contributed by atoms with E-state index in [2.05, 4.69) is 12.2 Å². The van der Waals surface area contributed by atoms with Crippen LogP contribution in [0.1, 0.15) is 19.8 Å². The second-order valence-electron chi connectivity index (χ2n) is 3.63. The summed E-state index contributed by atoms with van der Waals surface area (Å²) in [5, 5.41) is 3.44. The van der Waals surface area contributed by atoms with E-state index in [0.717, 1.165) is 18.5 Å². The van der Waals surface area contributed by atoms with Gasteiger partial charge in [-0.05, 0) is 12.3 Å². The fraction of sp³-hybridized carbons (Fsp3) is 1.00. The number of hydrogen-bond donors (Lipinski definition) is 2. The topological polar surface area (TPSA) is 47.3 Å². The third-order valence-corrected chi connectivity index (χ3v) is 2.47. The summed E-state index contributed by atoms with van der Waals surface area (Å²) < 4.78 is 4.94. The molecular formula is C9H20N2O. The fourth-order valence-electron chi connectivity index (χ4n) is 1.52. The predicted molar refractivity (Wildman–Crippen MR) is 50.0 cm³/mol. The lowest BCUT2D eigenvalue weighted by atomic mass is 10.3. The zero-order valence-corrected chi connectivity index (χ0v) is 8.05. The van der Waals surface area contributed by atoms with Crippen molar-refractivity contribution in [1.82, 2.24) is 5.32 Å². The van der Waals surface area contributed by atoms with E-state index in [9.17, 15) is 0 Å². The van der Waals surface area contributed by atoms with Crippen molar-refractivity contribution in [2.24, 2.45) is 11.7 Å². The maximum atomic E-state index is 5.76. The van der Waals surface area contributed by atoms with Crippen LogP contribution in [-0.4, -0.2) is 32.3 Å². The summed E-state index contributed by atoms with van der Waals surface area (Å²) in [4.78, 5) is 0. The highest BCUT2D eigenvalue weighted by Gasteiger charge is 2.34. The van der Waals surface area contributed by atoms with Gasteiger partial charge in [-0.2, -0.15) is 0 Å². The van der Waals surface area contributed by atoms with E-state index in [0.29, 0.717) is 6.61 Å². The smallest absolute Gasteiger partial charge is 0.0626 e. The molecule has 3 heteroatoms. The van der Waals surface area contributed by atoms with Crippen LogP contribution < -0.4 is 11.1 Å². The molecule has 3 unspecified atom stereocenters. The maximum Gasteiger partial charge on any atom is 0.0626 e. The highest BCUT2D eigenvalue weighted by molar-refractivity contribution is 4.92. The average Bonchev–Trinajstić information content (AvgIpc) is 2.80. The molecule has 3 nitrogen and oxygen atoms in total. The van der Waals surface area contributed by atoms with Gasteiger partial charge in [-0.25, -0.2) is 0 Å². The van der Waals surface area contributed by atoms with Crippen LogP contribution in [-0.2, 0) is 4.74 Å². The first-order chi connectivity index (χ1) is 5.77. The van der Waals surface area contributed by atoms with Crippen LogP contribution in [0.25, 0.3) is 0 Å². The zero-order valence-electron chi connectivity index (χ0n) is 8.05. The maximum absolute atomic E-state index is 5.76. The molecule has 12 heavy (non-hydrogen) atoms. The molecule has 0 spiro atoms. The van der Waals surface area contributed by atoms with Gasteiger partial charge in [0.15, 0.2) is 0 Å². The van der Waals surface area contributed by atoms with Crippen molar-refractivity contribution in [3.05, 3.63) is 0 Å². The molecule has 1 aliphatic rings. The second-order valence-corrected chi connectivity index (χ2v) is 3.63. The minimum Gasteiger partial charge on any atom is -0.383 e. The summed E-state index contributed by atoms with van der Waals surface area (Å²) in [5.41, 5.74) is 5.76. The van der Waals surface area contributed by atoms with E-state index in [1.54, 1.807) is 7.11 Å². The Kier molecular flexibility index (Phi) is 3.98. The SMILES string of the molecule is CCC1CC1NCC(N)COC. The Morgan fingerprint density at radius 1 is 1.67 bits per heavy atom. The van der Waals surface area contributed by atoms with E-state index in [-0.39, 0.29) is 6.04 Å². The number of rotatable bonds is 6. The summed E-state index contributed by atoms with van der Waals surface area (Å²) in [6.45, 7) is 3.77. The molecule has 1 rings (SSSR count). The zero-order chi connectivity index (χ0) is 8.97. The molecule has 0 aliphatic heterocycles. The van der Waals surface area contributed by atoms with E-state index in [4.69, 9.17) is 10.5 Å². The summed E-state index contributed by atoms with van der Waals surface area (Å²) >= 11 is 0. The van der Waals surface area contributed by atoms with Crippen LogP contribution in [0, 0.1) is 5.92 Å². The molecule has 0 aromatic carbocycles. The molecule has 0 radical (unpaired) electrons. The molecule has 1 aliphatic carbocycles. The number of ether oxygens (including phenoxy) is 1. The van der Waals surface area contributed by atoms with Gasteiger partial charge in [0.1, 0.15) is 0 Å². The van der Waals surface area contributed by atoms with Gasteiger partial charge in [-0.1, -0.05) is 13.3 Å². The van der Waals surface area contributed by atoms with Crippen molar-refractivity contribution in [2.45, 2.75) is 31.8 Å². The molecule has 0 amide bonds. The molecule has 72 valence electrons. The van der Waals surface area contributed by atoms with Gasteiger partial charge in [-0.15, -0.1) is 0 Å². The minimum absolute atomic E-state index is 0.146. The van der Waals surface area contributed by atoms with Crippen molar-refractivity contribution < 1.29 is 4.74 Å². The molecule has 0 aromatic rings. The first-order valence-corrected chi connectivity index (χ1v) is 4.75. The Balaban J connectivity index is 1.95. The van der Waals surface area contributed by atoms with Gasteiger partial charge in [0.2, 0.25) is 0 Å². The largest absolute Gasteiger partial charge is 0.383 e. The molecule has 0 bridgehead atoms. The Morgan fingerprint density at radius 2 is 2.42 bits per heavy atom. The Hall–Kier alpha value is -0.120. The first kappa shape index (κ1) is 9.96. The molecule has 1 fully saturated rings. The monoisotopic (exact) mass is 172 g/mol. The normalized spacial score (nSPS) is 30.2. The van der Waals surface area contributed by atoms with Crippen LogP contribution in [0.3, 0.4) is 0 Å².